The number of nitrogens with zero attached hydrogens (tertiary/aromatic N) is 1. The molecule has 0 spiro atoms. The fraction of sp³-hybridized carbons (Fsp3) is 0.526. The lowest BCUT2D eigenvalue weighted by atomic mass is 9.79. The first kappa shape index (κ1) is 17.0. The highest BCUT2D eigenvalue weighted by Crippen LogP contribution is 2.31. The van der Waals surface area contributed by atoms with Crippen LogP contribution in [-0.4, -0.2) is 51.2 Å². The molecule has 0 unspecified atom stereocenters. The van der Waals surface area contributed by atoms with Crippen LogP contribution in [0.3, 0.4) is 0 Å². The summed E-state index contributed by atoms with van der Waals surface area (Å²) in [5, 5.41) is 4.10. The van der Waals surface area contributed by atoms with E-state index in [1.54, 1.807) is 0 Å². The van der Waals surface area contributed by atoms with Gasteiger partial charge in [0, 0.05) is 42.7 Å². The Morgan fingerprint density at radius 2 is 1.96 bits per heavy atom. The molecule has 1 aromatic heterocycles. The molecule has 2 heterocycles. The fourth-order valence-corrected chi connectivity index (χ4v) is 3.60. The van der Waals surface area contributed by atoms with E-state index < -0.39 is 0 Å². The van der Waals surface area contributed by atoms with Gasteiger partial charge in [0.05, 0.1) is 0 Å². The summed E-state index contributed by atoms with van der Waals surface area (Å²) in [5.74, 6) is 0.289. The number of carbonyl (C=O) groups excluding carboxylic acids is 1. The zero-order valence-corrected chi connectivity index (χ0v) is 14.7. The second kappa shape index (κ2) is 6.95. The highest BCUT2D eigenvalue weighted by molar-refractivity contribution is 5.98. The van der Waals surface area contributed by atoms with Crippen molar-refractivity contribution >= 4 is 16.9 Å². The lowest BCUT2D eigenvalue weighted by Crippen LogP contribution is -2.47. The van der Waals surface area contributed by atoms with Crippen LogP contribution in [0.1, 0.15) is 29.0 Å². The number of para-hydroxylation sites is 1. The number of amides is 1. The molecular formula is C19H26N2O3. The van der Waals surface area contributed by atoms with Crippen LogP contribution in [0.25, 0.3) is 11.0 Å². The number of fused-ring (bicyclic) bond motifs is 1. The summed E-state index contributed by atoms with van der Waals surface area (Å²) >= 11 is 0. The van der Waals surface area contributed by atoms with Crippen LogP contribution >= 0.6 is 0 Å². The van der Waals surface area contributed by atoms with E-state index in [-0.39, 0.29) is 11.3 Å². The molecule has 5 nitrogen and oxygen atoms in total. The number of benzene rings is 1. The normalized spacial score (nSPS) is 17.3. The van der Waals surface area contributed by atoms with Gasteiger partial charge >= 0.3 is 0 Å². The van der Waals surface area contributed by atoms with Crippen molar-refractivity contribution in [3.63, 3.8) is 0 Å². The van der Waals surface area contributed by atoms with Gasteiger partial charge in [0.15, 0.2) is 5.76 Å². The highest BCUT2D eigenvalue weighted by atomic mass is 16.5. The van der Waals surface area contributed by atoms with Crippen LogP contribution in [0.2, 0.25) is 0 Å². The number of carbonyl (C=O) groups is 1. The second-order valence-electron chi connectivity index (χ2n) is 7.09. The Morgan fingerprint density at radius 1 is 1.25 bits per heavy atom. The Balaban J connectivity index is 1.74. The molecule has 3 rings (SSSR count). The Morgan fingerprint density at radius 3 is 2.62 bits per heavy atom. The molecule has 1 fully saturated rings. The van der Waals surface area contributed by atoms with E-state index in [1.165, 1.54) is 0 Å². The Hall–Kier alpha value is -1.85. The first-order valence-corrected chi connectivity index (χ1v) is 8.50. The number of hydrogen-bond donors (Lipinski definition) is 1. The SMILES string of the molecule is Cc1c(C(=O)NCC2(CN(C)C)CCOCC2)oc2ccccc12. The number of furan rings is 1. The van der Waals surface area contributed by atoms with Gasteiger partial charge in [-0.05, 0) is 39.9 Å². The van der Waals surface area contributed by atoms with Crippen molar-refractivity contribution in [2.45, 2.75) is 19.8 Å². The minimum Gasteiger partial charge on any atom is -0.451 e. The number of hydrogen-bond acceptors (Lipinski definition) is 4. The number of ether oxygens (including phenoxy) is 1. The van der Waals surface area contributed by atoms with Crippen molar-refractivity contribution in [3.05, 3.63) is 35.6 Å². The van der Waals surface area contributed by atoms with Crippen LogP contribution in [-0.2, 0) is 4.74 Å². The minimum atomic E-state index is -0.131. The monoisotopic (exact) mass is 330 g/mol. The van der Waals surface area contributed by atoms with Crippen LogP contribution in [0.4, 0.5) is 0 Å². The topological polar surface area (TPSA) is 54.7 Å². The Kier molecular flexibility index (Phi) is 4.92. The van der Waals surface area contributed by atoms with Gasteiger partial charge in [0.2, 0.25) is 0 Å². The van der Waals surface area contributed by atoms with Crippen LogP contribution in [0, 0.1) is 12.3 Å². The summed E-state index contributed by atoms with van der Waals surface area (Å²) < 4.78 is 11.3. The van der Waals surface area contributed by atoms with Gasteiger partial charge in [-0.2, -0.15) is 0 Å². The van der Waals surface area contributed by atoms with Gasteiger partial charge in [-0.1, -0.05) is 18.2 Å². The molecule has 1 aromatic carbocycles. The van der Waals surface area contributed by atoms with E-state index >= 15 is 0 Å². The molecule has 1 aliphatic heterocycles. The summed E-state index contributed by atoms with van der Waals surface area (Å²) in [4.78, 5) is 14.8. The van der Waals surface area contributed by atoms with E-state index in [2.05, 4.69) is 24.3 Å². The maximum atomic E-state index is 12.7. The molecule has 5 heteroatoms. The van der Waals surface area contributed by atoms with Crippen LogP contribution in [0.15, 0.2) is 28.7 Å². The van der Waals surface area contributed by atoms with Crippen molar-refractivity contribution in [1.29, 1.82) is 0 Å². The van der Waals surface area contributed by atoms with Gasteiger partial charge in [-0.25, -0.2) is 0 Å². The van der Waals surface area contributed by atoms with Crippen LogP contribution in [0.5, 0.6) is 0 Å². The third-order valence-corrected chi connectivity index (χ3v) is 4.88. The van der Waals surface area contributed by atoms with Crippen molar-refractivity contribution in [3.8, 4) is 0 Å². The third kappa shape index (κ3) is 3.47. The zero-order valence-electron chi connectivity index (χ0n) is 14.7. The molecule has 1 aliphatic rings. The number of rotatable bonds is 5. The van der Waals surface area contributed by atoms with E-state index in [0.717, 1.165) is 49.1 Å². The smallest absolute Gasteiger partial charge is 0.287 e. The summed E-state index contributed by atoms with van der Waals surface area (Å²) in [6.07, 6.45) is 1.93. The molecule has 0 radical (unpaired) electrons. The lowest BCUT2D eigenvalue weighted by Gasteiger charge is -2.39. The molecule has 1 amide bonds. The molecular weight excluding hydrogens is 304 g/mol. The maximum absolute atomic E-state index is 12.7. The van der Waals surface area contributed by atoms with Crippen molar-refractivity contribution in [2.24, 2.45) is 5.41 Å². The molecule has 0 saturated carbocycles. The highest BCUT2D eigenvalue weighted by Gasteiger charge is 2.34. The zero-order chi connectivity index (χ0) is 17.2. The predicted octanol–water partition coefficient (Wildman–Crippen LogP) is 2.83. The first-order valence-electron chi connectivity index (χ1n) is 8.50. The van der Waals surface area contributed by atoms with Crippen molar-refractivity contribution < 1.29 is 13.9 Å². The summed E-state index contributed by atoms with van der Waals surface area (Å²) in [7, 11) is 4.14. The average Bonchev–Trinajstić information content (AvgIpc) is 2.90. The van der Waals surface area contributed by atoms with Crippen LogP contribution < -0.4 is 5.32 Å². The lowest BCUT2D eigenvalue weighted by molar-refractivity contribution is 0.00273. The Bertz CT molecular complexity index is 714. The summed E-state index contributed by atoms with van der Waals surface area (Å²) in [6.45, 7) is 5.03. The van der Waals surface area contributed by atoms with Crippen molar-refractivity contribution in [2.75, 3.05) is 40.4 Å². The number of aryl methyl sites for hydroxylation is 1. The van der Waals surface area contributed by atoms with Gasteiger partial charge < -0.3 is 19.4 Å². The van der Waals surface area contributed by atoms with E-state index in [4.69, 9.17) is 9.15 Å². The maximum Gasteiger partial charge on any atom is 0.287 e. The molecule has 24 heavy (non-hydrogen) atoms. The molecule has 0 aliphatic carbocycles. The quantitative estimate of drug-likeness (QED) is 0.916. The molecule has 2 aromatic rings. The Labute approximate surface area is 143 Å². The van der Waals surface area contributed by atoms with Gasteiger partial charge in [-0.15, -0.1) is 0 Å². The van der Waals surface area contributed by atoms with Gasteiger partial charge in [-0.3, -0.25) is 4.79 Å². The molecule has 1 N–H and O–H groups in total. The first-order chi connectivity index (χ1) is 11.5. The van der Waals surface area contributed by atoms with Gasteiger partial charge in [0.25, 0.3) is 5.91 Å². The van der Waals surface area contributed by atoms with Crippen molar-refractivity contribution in [1.82, 2.24) is 10.2 Å². The summed E-state index contributed by atoms with van der Waals surface area (Å²) in [6, 6.07) is 7.75. The average molecular weight is 330 g/mol. The van der Waals surface area contributed by atoms with Gasteiger partial charge in [0.1, 0.15) is 5.58 Å². The number of nitrogens with one attached hydrogen (secondary N) is 1. The largest absolute Gasteiger partial charge is 0.451 e. The van der Waals surface area contributed by atoms with E-state index in [1.807, 2.05) is 31.2 Å². The minimum absolute atomic E-state index is 0.0668. The third-order valence-electron chi connectivity index (χ3n) is 4.88. The molecule has 0 bridgehead atoms. The summed E-state index contributed by atoms with van der Waals surface area (Å²) in [5.41, 5.74) is 1.73. The molecule has 130 valence electrons. The predicted molar refractivity (Wildman–Crippen MR) is 94.3 cm³/mol. The van der Waals surface area contributed by atoms with E-state index in [0.29, 0.717) is 12.3 Å². The molecule has 0 atom stereocenters. The standard InChI is InChI=1S/C19H26N2O3/c1-14-15-6-4-5-7-16(15)24-17(14)18(22)20-12-19(13-21(2)3)8-10-23-11-9-19/h4-7H,8-13H2,1-3H3,(H,20,22). The fourth-order valence-electron chi connectivity index (χ4n) is 3.60. The second-order valence-corrected chi connectivity index (χ2v) is 7.09. The molecule has 1 saturated heterocycles. The van der Waals surface area contributed by atoms with E-state index in [9.17, 15) is 4.79 Å².